The van der Waals surface area contributed by atoms with Crippen molar-refractivity contribution < 1.29 is 24.2 Å². The van der Waals surface area contributed by atoms with Crippen molar-refractivity contribution in [1.29, 1.82) is 0 Å². The molecule has 0 aromatic heterocycles. The third-order valence-corrected chi connectivity index (χ3v) is 6.10. The van der Waals surface area contributed by atoms with Crippen LogP contribution in [-0.4, -0.2) is 40.5 Å². The molecule has 1 heterocycles. The number of alkyl carbamates (subject to hydrolysis) is 1. The molecule has 1 saturated heterocycles. The van der Waals surface area contributed by atoms with Gasteiger partial charge in [0.25, 0.3) is 0 Å². The molecule has 164 valence electrons. The Morgan fingerprint density at radius 2 is 1.45 bits per heavy atom. The Morgan fingerprint density at radius 1 is 0.968 bits per heavy atom. The van der Waals surface area contributed by atoms with Crippen molar-refractivity contribution in [3.8, 4) is 11.1 Å². The monoisotopic (exact) mass is 423 g/mol. The molecule has 1 fully saturated rings. The smallest absolute Gasteiger partial charge is 0.408 e. The van der Waals surface area contributed by atoms with Gasteiger partial charge in [0.15, 0.2) is 0 Å². The van der Waals surface area contributed by atoms with E-state index in [2.05, 4.69) is 17.4 Å². The summed E-state index contributed by atoms with van der Waals surface area (Å²) >= 11 is 0. The molecular weight excluding hydrogens is 394 g/mol. The van der Waals surface area contributed by atoms with Gasteiger partial charge < -0.3 is 19.9 Å². The molecule has 0 saturated carbocycles. The molecule has 1 amide bonds. The van der Waals surface area contributed by atoms with Gasteiger partial charge in [0, 0.05) is 18.8 Å². The van der Waals surface area contributed by atoms with E-state index in [9.17, 15) is 14.7 Å². The van der Waals surface area contributed by atoms with Crippen molar-refractivity contribution in [1.82, 2.24) is 5.32 Å². The molecule has 0 spiro atoms. The summed E-state index contributed by atoms with van der Waals surface area (Å²) in [6.45, 7) is 7.49. The first kappa shape index (κ1) is 21.4. The molecule has 2 aromatic rings. The lowest BCUT2D eigenvalue weighted by atomic mass is 9.75. The number of benzene rings is 2. The molecule has 2 aromatic carbocycles. The van der Waals surface area contributed by atoms with Crippen LogP contribution in [0.3, 0.4) is 0 Å². The van der Waals surface area contributed by atoms with Crippen molar-refractivity contribution in [2.75, 3.05) is 6.61 Å². The molecule has 6 nitrogen and oxygen atoms in total. The van der Waals surface area contributed by atoms with Crippen LogP contribution in [0.15, 0.2) is 48.5 Å². The number of hydrogen-bond acceptors (Lipinski definition) is 4. The molecule has 6 heteroatoms. The molecule has 0 atom stereocenters. The second kappa shape index (κ2) is 7.38. The number of rotatable bonds is 4. The highest BCUT2D eigenvalue weighted by molar-refractivity contribution is 5.85. The zero-order chi connectivity index (χ0) is 22.4. The summed E-state index contributed by atoms with van der Waals surface area (Å²) in [5.41, 5.74) is 1.65. The summed E-state index contributed by atoms with van der Waals surface area (Å²) in [5.74, 6) is -1.16. The Labute approximate surface area is 182 Å². The van der Waals surface area contributed by atoms with Gasteiger partial charge >= 0.3 is 12.1 Å². The Balaban J connectivity index is 1.52. The van der Waals surface area contributed by atoms with Gasteiger partial charge in [-0.2, -0.15) is 0 Å². The zero-order valence-electron chi connectivity index (χ0n) is 18.4. The normalized spacial score (nSPS) is 20.4. The minimum Gasteiger partial charge on any atom is -0.479 e. The second-order valence-electron chi connectivity index (χ2n) is 9.81. The van der Waals surface area contributed by atoms with E-state index < -0.39 is 28.8 Å². The summed E-state index contributed by atoms with van der Waals surface area (Å²) in [7, 11) is 0. The molecule has 0 unspecified atom stereocenters. The first-order valence-electron chi connectivity index (χ1n) is 10.6. The van der Waals surface area contributed by atoms with Crippen LogP contribution in [0.25, 0.3) is 11.1 Å². The van der Waals surface area contributed by atoms with Crippen LogP contribution in [0, 0.1) is 0 Å². The van der Waals surface area contributed by atoms with Gasteiger partial charge in [0.2, 0.25) is 0 Å². The standard InChI is InChI=1S/C25H29NO5/c1-23(2)14-25(21(27)28,15-24(3,4)31-23)26-22(29)30-13-20-18-11-7-5-9-16(18)17-10-6-8-12-19(17)20/h5-12,20H,13-15H2,1-4H3,(H,26,29)(H,27,28). The van der Waals surface area contributed by atoms with Gasteiger partial charge in [-0.25, -0.2) is 9.59 Å². The van der Waals surface area contributed by atoms with Gasteiger partial charge in [-0.05, 0) is 49.9 Å². The molecular formula is C25H29NO5. The first-order chi connectivity index (χ1) is 14.5. The van der Waals surface area contributed by atoms with Gasteiger partial charge in [-0.15, -0.1) is 0 Å². The maximum atomic E-state index is 12.8. The summed E-state index contributed by atoms with van der Waals surface area (Å²) < 4.78 is 11.6. The Bertz CT molecular complexity index is 965. The highest BCUT2D eigenvalue weighted by Gasteiger charge is 2.54. The van der Waals surface area contributed by atoms with Crippen molar-refractivity contribution in [2.45, 2.75) is 63.2 Å². The van der Waals surface area contributed by atoms with E-state index in [-0.39, 0.29) is 25.4 Å². The SMILES string of the molecule is CC1(C)CC(NC(=O)OCC2c3ccccc3-c3ccccc32)(C(=O)O)CC(C)(C)O1. The van der Waals surface area contributed by atoms with E-state index in [0.717, 1.165) is 22.3 Å². The maximum absolute atomic E-state index is 12.8. The Kier molecular flexibility index (Phi) is 5.09. The summed E-state index contributed by atoms with van der Waals surface area (Å²) in [6, 6.07) is 16.2. The molecule has 0 radical (unpaired) electrons. The van der Waals surface area contributed by atoms with Gasteiger partial charge in [-0.3, -0.25) is 0 Å². The summed E-state index contributed by atoms with van der Waals surface area (Å²) in [5, 5.41) is 12.7. The molecule has 2 N–H and O–H groups in total. The van der Waals surface area contributed by atoms with E-state index in [1.54, 1.807) is 0 Å². The van der Waals surface area contributed by atoms with Crippen LogP contribution in [0.1, 0.15) is 57.6 Å². The third-order valence-electron chi connectivity index (χ3n) is 6.10. The number of carbonyl (C=O) groups excluding carboxylic acids is 1. The third kappa shape index (κ3) is 4.04. The highest BCUT2D eigenvalue weighted by atomic mass is 16.6. The largest absolute Gasteiger partial charge is 0.479 e. The topological polar surface area (TPSA) is 84.9 Å². The lowest BCUT2D eigenvalue weighted by Gasteiger charge is -2.49. The van der Waals surface area contributed by atoms with Crippen molar-refractivity contribution >= 4 is 12.1 Å². The summed E-state index contributed by atoms with van der Waals surface area (Å²) in [6.07, 6.45) is -0.413. The van der Waals surface area contributed by atoms with E-state index in [4.69, 9.17) is 9.47 Å². The fourth-order valence-corrected chi connectivity index (χ4v) is 5.46. The van der Waals surface area contributed by atoms with Crippen molar-refractivity contribution in [3.63, 3.8) is 0 Å². The number of fused-ring (bicyclic) bond motifs is 3. The number of carboxylic acid groups (broad SMARTS) is 1. The summed E-state index contributed by atoms with van der Waals surface area (Å²) in [4.78, 5) is 25.0. The Morgan fingerprint density at radius 3 is 1.94 bits per heavy atom. The van der Waals surface area contributed by atoms with Gasteiger partial charge in [0.05, 0.1) is 11.2 Å². The van der Waals surface area contributed by atoms with E-state index in [1.807, 2.05) is 64.1 Å². The number of ether oxygens (including phenoxy) is 2. The number of carbonyl (C=O) groups is 2. The van der Waals surface area contributed by atoms with Gasteiger partial charge in [-0.1, -0.05) is 48.5 Å². The zero-order valence-corrected chi connectivity index (χ0v) is 18.4. The fourth-order valence-electron chi connectivity index (χ4n) is 5.46. The Hall–Kier alpha value is -2.86. The first-order valence-corrected chi connectivity index (χ1v) is 10.6. The van der Waals surface area contributed by atoms with Crippen LogP contribution >= 0.6 is 0 Å². The number of aliphatic carboxylic acids is 1. The van der Waals surface area contributed by atoms with E-state index >= 15 is 0 Å². The minimum atomic E-state index is -1.45. The number of carboxylic acids is 1. The predicted molar refractivity (Wildman–Crippen MR) is 117 cm³/mol. The van der Waals surface area contributed by atoms with Crippen LogP contribution in [0.5, 0.6) is 0 Å². The van der Waals surface area contributed by atoms with E-state index in [0.29, 0.717) is 0 Å². The van der Waals surface area contributed by atoms with Crippen molar-refractivity contribution in [3.05, 3.63) is 59.7 Å². The average Bonchev–Trinajstić information content (AvgIpc) is 2.97. The van der Waals surface area contributed by atoms with Crippen LogP contribution < -0.4 is 5.32 Å². The lowest BCUT2D eigenvalue weighted by molar-refractivity contribution is -0.194. The molecule has 31 heavy (non-hydrogen) atoms. The molecule has 1 aliphatic heterocycles. The highest BCUT2D eigenvalue weighted by Crippen LogP contribution is 2.45. The molecule has 2 aliphatic rings. The molecule has 4 rings (SSSR count). The minimum absolute atomic E-state index is 0.0819. The van der Waals surface area contributed by atoms with Crippen molar-refractivity contribution in [2.24, 2.45) is 0 Å². The fraction of sp³-hybridized carbons (Fsp3) is 0.440. The number of amides is 1. The number of nitrogens with one attached hydrogen (secondary N) is 1. The van der Waals surface area contributed by atoms with Crippen LogP contribution in [-0.2, 0) is 14.3 Å². The average molecular weight is 424 g/mol. The molecule has 1 aliphatic carbocycles. The molecule has 0 bridgehead atoms. The lowest BCUT2D eigenvalue weighted by Crippen LogP contribution is -2.65. The second-order valence-corrected chi connectivity index (χ2v) is 9.81. The van der Waals surface area contributed by atoms with Gasteiger partial charge in [0.1, 0.15) is 12.1 Å². The quantitative estimate of drug-likeness (QED) is 0.744. The van der Waals surface area contributed by atoms with Crippen LogP contribution in [0.2, 0.25) is 0 Å². The number of hydrogen-bond donors (Lipinski definition) is 2. The van der Waals surface area contributed by atoms with E-state index in [1.165, 1.54) is 0 Å². The van der Waals surface area contributed by atoms with Crippen LogP contribution in [0.4, 0.5) is 4.79 Å². The predicted octanol–water partition coefficient (Wildman–Crippen LogP) is 4.72. The maximum Gasteiger partial charge on any atom is 0.408 e.